The second-order valence-corrected chi connectivity index (χ2v) is 8.96. The molecule has 1 saturated heterocycles. The van der Waals surface area contributed by atoms with Gasteiger partial charge in [-0.1, -0.05) is 64.5 Å². The lowest BCUT2D eigenvalue weighted by atomic mass is 10.0. The Kier molecular flexibility index (Phi) is 7.58. The van der Waals surface area contributed by atoms with Crippen LogP contribution in [0.4, 0.5) is 5.69 Å². The molecule has 0 atom stereocenters. The molecule has 0 radical (unpaired) electrons. The molecule has 156 valence electrons. The zero-order valence-corrected chi connectivity index (χ0v) is 19.4. The molecule has 0 bridgehead atoms. The number of rotatable bonds is 9. The van der Waals surface area contributed by atoms with Crippen molar-refractivity contribution in [3.8, 4) is 0 Å². The molecule has 1 aromatic heterocycles. The lowest BCUT2D eigenvalue weighted by Crippen LogP contribution is -2.33. The van der Waals surface area contributed by atoms with Gasteiger partial charge in [-0.3, -0.25) is 0 Å². The molecule has 30 heavy (non-hydrogen) atoms. The molecule has 0 spiro atoms. The minimum absolute atomic E-state index is 0.935. The fourth-order valence-electron chi connectivity index (χ4n) is 4.22. The predicted octanol–water partition coefficient (Wildman–Crippen LogP) is 6.08. The molecule has 0 aliphatic carbocycles. The molecule has 1 aliphatic heterocycles. The number of pyridine rings is 1. The number of unbranched alkanes of at least 4 members (excludes halogenated alkanes) is 1. The molecule has 1 aliphatic rings. The Morgan fingerprint density at radius 2 is 1.17 bits per heavy atom. The van der Waals surface area contributed by atoms with Crippen molar-refractivity contribution in [2.24, 2.45) is 0 Å². The van der Waals surface area contributed by atoms with Crippen LogP contribution in [0.2, 0.25) is 0 Å². The Labute approximate surface area is 189 Å². The van der Waals surface area contributed by atoms with Crippen LogP contribution in [-0.2, 0) is 24.7 Å². The van der Waals surface area contributed by atoms with Crippen LogP contribution in [0.5, 0.6) is 0 Å². The third-order valence-corrected chi connectivity index (χ3v) is 6.74. The Bertz CT molecular complexity index is 895. The number of hydrogen-bond acceptors (Lipinski definition) is 1. The van der Waals surface area contributed by atoms with Crippen LogP contribution in [0.15, 0.2) is 73.1 Å². The number of aromatic nitrogens is 1. The monoisotopic (exact) mass is 463 g/mol. The van der Waals surface area contributed by atoms with E-state index in [0.717, 1.165) is 18.3 Å². The Morgan fingerprint density at radius 3 is 1.70 bits per heavy atom. The van der Waals surface area contributed by atoms with Crippen molar-refractivity contribution in [3.63, 3.8) is 0 Å². The van der Waals surface area contributed by atoms with Gasteiger partial charge in [0.2, 0.25) is 0 Å². The zero-order valence-electron chi connectivity index (χ0n) is 17.8. The van der Waals surface area contributed by atoms with Gasteiger partial charge in [-0.2, -0.15) is 0 Å². The highest BCUT2D eigenvalue weighted by molar-refractivity contribution is 9.08. The molecule has 3 heteroatoms. The van der Waals surface area contributed by atoms with E-state index in [1.54, 1.807) is 0 Å². The topological polar surface area (TPSA) is 7.12 Å². The van der Waals surface area contributed by atoms with E-state index in [-0.39, 0.29) is 0 Å². The summed E-state index contributed by atoms with van der Waals surface area (Å²) in [4.78, 5) is 2.48. The van der Waals surface area contributed by atoms with Gasteiger partial charge in [0.25, 0.3) is 0 Å². The maximum Gasteiger partial charge on any atom is 0.173 e. The maximum absolute atomic E-state index is 3.51. The van der Waals surface area contributed by atoms with Gasteiger partial charge in [0.1, 0.15) is 0 Å². The predicted molar refractivity (Wildman–Crippen MR) is 129 cm³/mol. The number of alkyl halides is 1. The quantitative estimate of drug-likeness (QED) is 0.211. The SMILES string of the molecule is BrCc1ccc(CCCCc2ccc(C[n+]3ccc(N4CCCC4)cc3)cc2)cc1. The van der Waals surface area contributed by atoms with Crippen LogP contribution in [0.3, 0.4) is 0 Å². The van der Waals surface area contributed by atoms with Crippen LogP contribution < -0.4 is 9.47 Å². The van der Waals surface area contributed by atoms with Crippen LogP contribution in [0, 0.1) is 0 Å². The van der Waals surface area contributed by atoms with E-state index in [9.17, 15) is 0 Å². The van der Waals surface area contributed by atoms with Gasteiger partial charge in [0, 0.05) is 41.8 Å². The van der Waals surface area contributed by atoms with E-state index in [1.807, 2.05) is 0 Å². The standard InChI is InChI=1S/C27H32BrN2/c28-21-25-11-7-23(8-12-25)5-1-2-6-24-9-13-26(14-10-24)22-29-19-15-27(16-20-29)30-17-3-4-18-30/h7-16,19-20H,1-6,17-18,21-22H2/q+1. The molecule has 0 N–H and O–H groups in total. The lowest BCUT2D eigenvalue weighted by molar-refractivity contribution is -0.688. The Hall–Kier alpha value is -2.13. The molecule has 0 amide bonds. The van der Waals surface area contributed by atoms with Crippen LogP contribution in [-0.4, -0.2) is 13.1 Å². The van der Waals surface area contributed by atoms with Gasteiger partial charge < -0.3 is 4.90 Å². The number of aryl methyl sites for hydroxylation is 2. The average Bonchev–Trinajstić information content (AvgIpc) is 3.34. The first-order chi connectivity index (χ1) is 14.8. The summed E-state index contributed by atoms with van der Waals surface area (Å²) in [5.41, 5.74) is 6.97. The molecule has 2 nitrogen and oxygen atoms in total. The van der Waals surface area contributed by atoms with E-state index < -0.39 is 0 Å². The highest BCUT2D eigenvalue weighted by Crippen LogP contribution is 2.18. The van der Waals surface area contributed by atoms with E-state index in [4.69, 9.17) is 0 Å². The van der Waals surface area contributed by atoms with Crippen molar-refractivity contribution in [2.45, 2.75) is 50.4 Å². The van der Waals surface area contributed by atoms with Crippen LogP contribution in [0.1, 0.15) is 47.9 Å². The van der Waals surface area contributed by atoms with E-state index in [0.29, 0.717) is 0 Å². The number of benzene rings is 2. The largest absolute Gasteiger partial charge is 0.371 e. The third kappa shape index (κ3) is 5.95. The average molecular weight is 464 g/mol. The fourth-order valence-corrected chi connectivity index (χ4v) is 4.59. The van der Waals surface area contributed by atoms with E-state index in [1.165, 1.54) is 73.1 Å². The number of hydrogen-bond donors (Lipinski definition) is 0. The first-order valence-corrected chi connectivity index (χ1v) is 12.4. The van der Waals surface area contributed by atoms with Gasteiger partial charge >= 0.3 is 0 Å². The fraction of sp³-hybridized carbons (Fsp3) is 0.370. The summed E-state index contributed by atoms with van der Waals surface area (Å²) in [6.45, 7) is 3.34. The van der Waals surface area contributed by atoms with Crippen molar-refractivity contribution in [2.75, 3.05) is 18.0 Å². The van der Waals surface area contributed by atoms with Crippen LogP contribution in [0.25, 0.3) is 0 Å². The minimum atomic E-state index is 0.935. The summed E-state index contributed by atoms with van der Waals surface area (Å²) in [7, 11) is 0. The molecule has 2 aromatic carbocycles. The molecule has 4 rings (SSSR count). The molecular formula is C27H32BrN2+. The van der Waals surface area contributed by atoms with Crippen molar-refractivity contribution in [1.82, 2.24) is 0 Å². The minimum Gasteiger partial charge on any atom is -0.371 e. The summed E-state index contributed by atoms with van der Waals surface area (Å²) >= 11 is 3.51. The van der Waals surface area contributed by atoms with E-state index >= 15 is 0 Å². The van der Waals surface area contributed by atoms with Crippen molar-refractivity contribution >= 4 is 21.6 Å². The Balaban J connectivity index is 1.21. The van der Waals surface area contributed by atoms with Gasteiger partial charge in [-0.05, 0) is 55.2 Å². The normalized spacial score (nSPS) is 13.7. The van der Waals surface area contributed by atoms with Crippen molar-refractivity contribution < 1.29 is 4.57 Å². The molecule has 2 heterocycles. The number of nitrogens with zero attached hydrogens (tertiary/aromatic N) is 2. The van der Waals surface area contributed by atoms with Crippen molar-refractivity contribution in [1.29, 1.82) is 0 Å². The van der Waals surface area contributed by atoms with Gasteiger partial charge in [-0.25, -0.2) is 4.57 Å². The first-order valence-electron chi connectivity index (χ1n) is 11.3. The first kappa shape index (κ1) is 21.1. The lowest BCUT2D eigenvalue weighted by Gasteiger charge is -2.16. The third-order valence-electron chi connectivity index (χ3n) is 6.09. The molecule has 1 fully saturated rings. The zero-order chi connectivity index (χ0) is 20.6. The molecule has 0 unspecified atom stereocenters. The van der Waals surface area contributed by atoms with E-state index in [2.05, 4.69) is 98.5 Å². The maximum atomic E-state index is 3.51. The highest BCUT2D eigenvalue weighted by atomic mass is 79.9. The summed E-state index contributed by atoms with van der Waals surface area (Å²) in [6.07, 6.45) is 11.9. The molecular weight excluding hydrogens is 432 g/mol. The molecule has 3 aromatic rings. The van der Waals surface area contributed by atoms with Gasteiger partial charge in [0.05, 0.1) is 0 Å². The summed E-state index contributed by atoms with van der Waals surface area (Å²) in [6, 6.07) is 22.7. The van der Waals surface area contributed by atoms with Crippen LogP contribution >= 0.6 is 15.9 Å². The second-order valence-electron chi connectivity index (χ2n) is 8.40. The molecule has 0 saturated carbocycles. The van der Waals surface area contributed by atoms with Gasteiger partial charge in [-0.15, -0.1) is 0 Å². The summed E-state index contributed by atoms with van der Waals surface area (Å²) in [5.74, 6) is 0. The summed E-state index contributed by atoms with van der Waals surface area (Å²) in [5, 5.41) is 0.936. The Morgan fingerprint density at radius 1 is 0.667 bits per heavy atom. The number of halogens is 1. The van der Waals surface area contributed by atoms with Gasteiger partial charge in [0.15, 0.2) is 18.9 Å². The number of anilines is 1. The summed E-state index contributed by atoms with van der Waals surface area (Å²) < 4.78 is 2.27. The van der Waals surface area contributed by atoms with Crippen molar-refractivity contribution in [3.05, 3.63) is 95.3 Å². The highest BCUT2D eigenvalue weighted by Gasteiger charge is 2.13. The second kappa shape index (κ2) is 10.8. The smallest absolute Gasteiger partial charge is 0.173 e.